The fraction of sp³-hybridized carbons (Fsp3) is 0.286. The summed E-state index contributed by atoms with van der Waals surface area (Å²) in [5, 5.41) is 28.0. The van der Waals surface area contributed by atoms with Crippen molar-refractivity contribution in [2.24, 2.45) is 4.99 Å². The molecule has 0 aliphatic rings. The number of rotatable bonds is 4. The largest absolute Gasteiger partial charge is 0.481 e. The minimum atomic E-state index is -1.51. The van der Waals surface area contributed by atoms with Gasteiger partial charge in [0.2, 0.25) is 5.90 Å². The fourth-order valence-corrected chi connectivity index (χ4v) is 2.37. The van der Waals surface area contributed by atoms with Crippen LogP contribution >= 0.6 is 0 Å². The Balaban J connectivity index is 4.13. The number of carboxylic acids is 3. The minimum Gasteiger partial charge on any atom is -0.481 e. The summed E-state index contributed by atoms with van der Waals surface area (Å²) in [5.74, 6) is -4.46. The van der Waals surface area contributed by atoms with Crippen molar-refractivity contribution in [3.05, 3.63) is 33.4 Å². The second-order valence-electron chi connectivity index (χ2n) is 4.40. The van der Waals surface area contributed by atoms with Gasteiger partial charge in [0.05, 0.1) is 29.4 Å². The summed E-state index contributed by atoms with van der Waals surface area (Å²) in [7, 11) is 2.61. The van der Waals surface area contributed by atoms with E-state index in [1.807, 2.05) is 0 Å². The molecule has 118 valence electrons. The third kappa shape index (κ3) is 2.62. The van der Waals surface area contributed by atoms with Crippen LogP contribution in [0.5, 0.6) is 0 Å². The number of hydrogen-bond acceptors (Lipinski definition) is 5. The first-order valence-corrected chi connectivity index (χ1v) is 6.07. The van der Waals surface area contributed by atoms with Crippen LogP contribution < -0.4 is 0 Å². The number of aliphatic imine (C=N–C) groups is 1. The molecule has 0 spiro atoms. The lowest BCUT2D eigenvalue weighted by atomic mass is 9.87. The molecule has 0 aromatic heterocycles. The van der Waals surface area contributed by atoms with Gasteiger partial charge in [-0.25, -0.2) is 14.4 Å². The zero-order chi connectivity index (χ0) is 17.2. The van der Waals surface area contributed by atoms with Crippen LogP contribution in [0.25, 0.3) is 0 Å². The lowest BCUT2D eigenvalue weighted by Crippen LogP contribution is -2.22. The number of methoxy groups -OCH3 is 1. The van der Waals surface area contributed by atoms with Gasteiger partial charge >= 0.3 is 17.9 Å². The number of benzene rings is 1. The van der Waals surface area contributed by atoms with Crippen LogP contribution in [0.3, 0.4) is 0 Å². The maximum absolute atomic E-state index is 11.5. The number of hydrogen-bond donors (Lipinski definition) is 3. The molecule has 0 amide bonds. The second-order valence-corrected chi connectivity index (χ2v) is 4.40. The Morgan fingerprint density at radius 2 is 1.14 bits per heavy atom. The lowest BCUT2D eigenvalue weighted by molar-refractivity contribution is 0.0647. The van der Waals surface area contributed by atoms with Gasteiger partial charge in [-0.05, 0) is 25.0 Å². The van der Waals surface area contributed by atoms with Crippen molar-refractivity contribution in [2.45, 2.75) is 13.8 Å². The Kier molecular flexibility index (Phi) is 4.87. The van der Waals surface area contributed by atoms with E-state index in [1.54, 1.807) is 0 Å². The van der Waals surface area contributed by atoms with Crippen LogP contribution in [0.15, 0.2) is 4.99 Å². The molecule has 8 heteroatoms. The Morgan fingerprint density at radius 1 is 0.818 bits per heavy atom. The molecule has 0 atom stereocenters. The first-order chi connectivity index (χ1) is 10.2. The SMILES string of the molecule is CN=C(OC)c1c(C)c(C(=O)O)c(C(=O)O)c(C)c1C(=O)O. The van der Waals surface area contributed by atoms with E-state index in [4.69, 9.17) is 4.74 Å². The normalized spacial score (nSPS) is 11.2. The number of ether oxygens (including phenoxy) is 1. The molecule has 1 aromatic carbocycles. The molecule has 0 aliphatic heterocycles. The highest BCUT2D eigenvalue weighted by atomic mass is 16.5. The van der Waals surface area contributed by atoms with Crippen LogP contribution in [-0.2, 0) is 4.74 Å². The molecule has 0 aliphatic carbocycles. The number of aromatic carboxylic acids is 3. The third-order valence-electron chi connectivity index (χ3n) is 3.25. The van der Waals surface area contributed by atoms with E-state index in [1.165, 1.54) is 28.0 Å². The topological polar surface area (TPSA) is 133 Å². The number of carbonyl (C=O) groups is 3. The Bertz CT molecular complexity index is 704. The molecular formula is C14H15NO7. The molecule has 0 unspecified atom stereocenters. The molecule has 0 saturated carbocycles. The Hall–Kier alpha value is -2.90. The number of carboxylic acid groups (broad SMARTS) is 3. The molecule has 0 heterocycles. The van der Waals surface area contributed by atoms with Gasteiger partial charge in [-0.2, -0.15) is 0 Å². The van der Waals surface area contributed by atoms with Crippen LogP contribution in [0.4, 0.5) is 0 Å². The fourth-order valence-electron chi connectivity index (χ4n) is 2.37. The summed E-state index contributed by atoms with van der Waals surface area (Å²) >= 11 is 0. The standard InChI is InChI=1S/C14H15NO7/c1-5-7(11(15-3)22-4)8(12(16)17)6(2)10(14(20)21)9(5)13(18)19/h1-4H3,(H,16,17)(H,18,19)(H,20,21). The van der Waals surface area contributed by atoms with Gasteiger partial charge < -0.3 is 20.1 Å². The maximum Gasteiger partial charge on any atom is 0.336 e. The number of nitrogens with zero attached hydrogens (tertiary/aromatic N) is 1. The summed E-state index contributed by atoms with van der Waals surface area (Å²) in [5.41, 5.74) is -1.63. The summed E-state index contributed by atoms with van der Waals surface area (Å²) in [6, 6.07) is 0. The van der Waals surface area contributed by atoms with Crippen LogP contribution in [0, 0.1) is 13.8 Å². The molecule has 3 N–H and O–H groups in total. The van der Waals surface area contributed by atoms with E-state index in [0.717, 1.165) is 0 Å². The van der Waals surface area contributed by atoms with Crippen molar-refractivity contribution < 1.29 is 34.4 Å². The van der Waals surface area contributed by atoms with Crippen molar-refractivity contribution >= 4 is 23.8 Å². The van der Waals surface area contributed by atoms with Gasteiger partial charge in [0, 0.05) is 7.05 Å². The van der Waals surface area contributed by atoms with E-state index in [0.29, 0.717) is 0 Å². The Labute approximate surface area is 125 Å². The molecular weight excluding hydrogens is 294 g/mol. The van der Waals surface area contributed by atoms with E-state index in [9.17, 15) is 29.7 Å². The highest BCUT2D eigenvalue weighted by Crippen LogP contribution is 2.29. The third-order valence-corrected chi connectivity index (χ3v) is 3.25. The van der Waals surface area contributed by atoms with E-state index in [2.05, 4.69) is 4.99 Å². The summed E-state index contributed by atoms with van der Waals surface area (Å²) in [6.07, 6.45) is 0. The first-order valence-electron chi connectivity index (χ1n) is 6.07. The van der Waals surface area contributed by atoms with Crippen molar-refractivity contribution in [1.82, 2.24) is 0 Å². The highest BCUT2D eigenvalue weighted by Gasteiger charge is 2.31. The maximum atomic E-state index is 11.5. The molecule has 22 heavy (non-hydrogen) atoms. The average molecular weight is 309 g/mol. The van der Waals surface area contributed by atoms with Crippen LogP contribution in [0.1, 0.15) is 47.8 Å². The quantitative estimate of drug-likeness (QED) is 0.565. The molecule has 0 bridgehead atoms. The van der Waals surface area contributed by atoms with E-state index in [-0.39, 0.29) is 28.2 Å². The van der Waals surface area contributed by atoms with E-state index >= 15 is 0 Å². The van der Waals surface area contributed by atoms with E-state index < -0.39 is 29.0 Å². The van der Waals surface area contributed by atoms with Gasteiger partial charge in [-0.3, -0.25) is 4.99 Å². The summed E-state index contributed by atoms with van der Waals surface area (Å²) in [6.45, 7) is 2.56. The molecule has 1 rings (SSSR count). The van der Waals surface area contributed by atoms with Crippen LogP contribution in [-0.4, -0.2) is 53.3 Å². The highest BCUT2D eigenvalue weighted by molar-refractivity contribution is 6.13. The zero-order valence-corrected chi connectivity index (χ0v) is 12.4. The van der Waals surface area contributed by atoms with Crippen molar-refractivity contribution in [3.8, 4) is 0 Å². The molecule has 0 fully saturated rings. The molecule has 0 radical (unpaired) electrons. The monoisotopic (exact) mass is 309 g/mol. The van der Waals surface area contributed by atoms with Gasteiger partial charge in [-0.1, -0.05) is 0 Å². The first kappa shape index (κ1) is 17.2. The van der Waals surface area contributed by atoms with Crippen molar-refractivity contribution in [3.63, 3.8) is 0 Å². The minimum absolute atomic E-state index is 0.0321. The summed E-state index contributed by atoms with van der Waals surface area (Å²) in [4.78, 5) is 38.1. The molecule has 0 saturated heterocycles. The second kappa shape index (κ2) is 6.25. The molecule has 1 aromatic rings. The Morgan fingerprint density at radius 3 is 1.41 bits per heavy atom. The van der Waals surface area contributed by atoms with Crippen molar-refractivity contribution in [2.75, 3.05) is 14.2 Å². The summed E-state index contributed by atoms with van der Waals surface area (Å²) < 4.78 is 4.99. The van der Waals surface area contributed by atoms with Crippen LogP contribution in [0.2, 0.25) is 0 Å². The van der Waals surface area contributed by atoms with Crippen molar-refractivity contribution in [1.29, 1.82) is 0 Å². The average Bonchev–Trinajstić information content (AvgIpc) is 2.41. The smallest absolute Gasteiger partial charge is 0.336 e. The van der Waals surface area contributed by atoms with Gasteiger partial charge in [0.15, 0.2) is 0 Å². The van der Waals surface area contributed by atoms with Gasteiger partial charge in [-0.15, -0.1) is 0 Å². The predicted octanol–water partition coefficient (Wildman–Crippen LogP) is 1.42. The van der Waals surface area contributed by atoms with Gasteiger partial charge in [0.25, 0.3) is 0 Å². The molecule has 8 nitrogen and oxygen atoms in total. The zero-order valence-electron chi connectivity index (χ0n) is 12.4. The lowest BCUT2D eigenvalue weighted by Gasteiger charge is -2.18. The van der Waals surface area contributed by atoms with Gasteiger partial charge in [0.1, 0.15) is 0 Å². The predicted molar refractivity (Wildman–Crippen MR) is 76.3 cm³/mol.